The molecule has 0 amide bonds. The number of ether oxygens (including phenoxy) is 3. The normalized spacial score (nSPS) is 22.5. The van der Waals surface area contributed by atoms with Gasteiger partial charge in [0.25, 0.3) is 0 Å². The molecule has 0 radical (unpaired) electrons. The van der Waals surface area contributed by atoms with Gasteiger partial charge in [-0.25, -0.2) is 9.97 Å². The van der Waals surface area contributed by atoms with E-state index < -0.39 is 0 Å². The van der Waals surface area contributed by atoms with Gasteiger partial charge in [-0.15, -0.1) is 0 Å². The van der Waals surface area contributed by atoms with E-state index in [-0.39, 0.29) is 17.9 Å². The Morgan fingerprint density at radius 1 is 0.951 bits per heavy atom. The number of likely N-dealkylation sites (N-methyl/N-ethyl adjacent to an activating group) is 1. The number of piperazine rings is 1. The van der Waals surface area contributed by atoms with Crippen LogP contribution in [0.25, 0.3) is 10.9 Å². The summed E-state index contributed by atoms with van der Waals surface area (Å²) in [5.41, 5.74) is 0.758. The van der Waals surface area contributed by atoms with Crippen molar-refractivity contribution in [1.29, 1.82) is 0 Å². The van der Waals surface area contributed by atoms with Crippen LogP contribution < -0.4 is 19.7 Å². The quantitative estimate of drug-likeness (QED) is 0.397. The predicted molar refractivity (Wildman–Crippen MR) is 156 cm³/mol. The van der Waals surface area contributed by atoms with Crippen LogP contribution in [0.5, 0.6) is 17.4 Å². The lowest BCUT2D eigenvalue weighted by Crippen LogP contribution is -2.45. The first-order chi connectivity index (χ1) is 20.1. The summed E-state index contributed by atoms with van der Waals surface area (Å²) in [5, 5.41) is 14.3. The molecule has 2 saturated heterocycles. The average Bonchev–Trinajstić information content (AvgIpc) is 3.00. The van der Waals surface area contributed by atoms with E-state index in [1.165, 1.54) is 6.20 Å². The first-order valence-corrected chi connectivity index (χ1v) is 14.7. The van der Waals surface area contributed by atoms with Crippen molar-refractivity contribution in [3.8, 4) is 17.4 Å². The molecule has 5 heterocycles. The molecule has 3 aliphatic rings. The summed E-state index contributed by atoms with van der Waals surface area (Å²) in [6.07, 6.45) is 8.60. The van der Waals surface area contributed by atoms with Crippen molar-refractivity contribution in [3.63, 3.8) is 0 Å². The van der Waals surface area contributed by atoms with Gasteiger partial charge in [-0.1, -0.05) is 0 Å². The molecule has 3 aromatic heterocycles. The largest absolute Gasteiger partial charge is 0.506 e. The van der Waals surface area contributed by atoms with Gasteiger partial charge in [0, 0.05) is 57.9 Å². The Labute approximate surface area is 240 Å². The molecule has 12 nitrogen and oxygen atoms in total. The third-order valence-corrected chi connectivity index (χ3v) is 8.14. The Hall–Kier alpha value is -3.48. The van der Waals surface area contributed by atoms with E-state index >= 15 is 0 Å². The molecule has 1 saturated carbocycles. The number of nitrogens with one attached hydrogen (secondary N) is 1. The second-order valence-electron chi connectivity index (χ2n) is 11.1. The molecular formula is C29H40N8O4. The maximum Gasteiger partial charge on any atom is 0.225 e. The predicted octanol–water partition coefficient (Wildman–Crippen LogP) is 2.39. The smallest absolute Gasteiger partial charge is 0.225 e. The first-order valence-electron chi connectivity index (χ1n) is 14.7. The molecule has 2 aliphatic heterocycles. The van der Waals surface area contributed by atoms with Gasteiger partial charge in [-0.2, -0.15) is 4.98 Å². The molecule has 3 fully saturated rings. The molecule has 2 N–H and O–H groups in total. The fraction of sp³-hybridized carbons (Fsp3) is 0.586. The van der Waals surface area contributed by atoms with Crippen molar-refractivity contribution in [2.45, 2.75) is 37.8 Å². The minimum absolute atomic E-state index is 0.0306. The van der Waals surface area contributed by atoms with E-state index in [1.807, 2.05) is 6.07 Å². The number of morpholine rings is 1. The highest BCUT2D eigenvalue weighted by Crippen LogP contribution is 2.33. The lowest BCUT2D eigenvalue weighted by Gasteiger charge is -2.32. The Morgan fingerprint density at radius 3 is 2.46 bits per heavy atom. The maximum atomic E-state index is 10.1. The second kappa shape index (κ2) is 13.0. The minimum atomic E-state index is 0.0306. The van der Waals surface area contributed by atoms with E-state index in [0.29, 0.717) is 37.4 Å². The Balaban J connectivity index is 0.999. The number of aromatic hydroxyl groups is 1. The standard InChI is InChI=1S/C29H40N8O4/c1-35-6-8-36(9-7-35)10-15-40-24-19-31-29(32-20-24)33-21-2-4-23(5-3-21)41-28-25-16-22(38)18-30-26(25)17-27(34-28)37-11-13-39-14-12-37/h16-21,23,38H,2-15H2,1H3,(H,31,32,33). The van der Waals surface area contributed by atoms with Gasteiger partial charge >= 0.3 is 0 Å². The average molecular weight is 565 g/mol. The van der Waals surface area contributed by atoms with E-state index in [1.54, 1.807) is 18.5 Å². The zero-order valence-corrected chi connectivity index (χ0v) is 23.7. The fourth-order valence-corrected chi connectivity index (χ4v) is 5.61. The van der Waals surface area contributed by atoms with Crippen molar-refractivity contribution in [3.05, 3.63) is 30.7 Å². The minimum Gasteiger partial charge on any atom is -0.506 e. The first kappa shape index (κ1) is 27.7. The molecule has 220 valence electrons. The zero-order chi connectivity index (χ0) is 28.0. The van der Waals surface area contributed by atoms with Crippen LogP contribution in [0.2, 0.25) is 0 Å². The van der Waals surface area contributed by atoms with Crippen LogP contribution in [-0.4, -0.2) is 120 Å². The number of anilines is 2. The SMILES string of the molecule is CN1CCN(CCOc2cnc(NC3CCC(Oc4nc(N5CCOCC5)cc5ncc(O)cc45)CC3)nc2)CC1. The lowest BCUT2D eigenvalue weighted by molar-refractivity contribution is 0.122. The fourth-order valence-electron chi connectivity index (χ4n) is 5.61. The van der Waals surface area contributed by atoms with Crippen molar-refractivity contribution < 1.29 is 19.3 Å². The summed E-state index contributed by atoms with van der Waals surface area (Å²) in [7, 11) is 2.16. The molecule has 0 aromatic carbocycles. The summed E-state index contributed by atoms with van der Waals surface area (Å²) in [4.78, 5) is 25.2. The zero-order valence-electron chi connectivity index (χ0n) is 23.7. The number of fused-ring (bicyclic) bond motifs is 1. The number of pyridine rings is 2. The van der Waals surface area contributed by atoms with Crippen LogP contribution in [0, 0.1) is 0 Å². The van der Waals surface area contributed by atoms with Gasteiger partial charge in [0.1, 0.15) is 24.3 Å². The lowest BCUT2D eigenvalue weighted by atomic mass is 9.93. The third-order valence-electron chi connectivity index (χ3n) is 8.14. The molecule has 0 bridgehead atoms. The van der Waals surface area contributed by atoms with E-state index in [2.05, 4.69) is 42.0 Å². The summed E-state index contributed by atoms with van der Waals surface area (Å²) in [6.45, 7) is 8.84. The molecule has 0 atom stereocenters. The number of rotatable bonds is 9. The number of aromatic nitrogens is 4. The van der Waals surface area contributed by atoms with Gasteiger partial charge in [0.15, 0.2) is 5.75 Å². The summed E-state index contributed by atoms with van der Waals surface area (Å²) >= 11 is 0. The number of nitrogens with zero attached hydrogens (tertiary/aromatic N) is 7. The van der Waals surface area contributed by atoms with Crippen LogP contribution in [0.1, 0.15) is 25.7 Å². The summed E-state index contributed by atoms with van der Waals surface area (Å²) in [6, 6.07) is 3.91. The van der Waals surface area contributed by atoms with Gasteiger partial charge in [0.05, 0.1) is 42.7 Å². The van der Waals surface area contributed by atoms with Crippen LogP contribution in [0.3, 0.4) is 0 Å². The molecule has 3 aromatic rings. The molecule has 0 unspecified atom stereocenters. The topological polar surface area (TPSA) is 121 Å². The van der Waals surface area contributed by atoms with Gasteiger partial charge in [0.2, 0.25) is 11.8 Å². The molecule has 1 aliphatic carbocycles. The number of hydrogen-bond acceptors (Lipinski definition) is 12. The highest BCUT2D eigenvalue weighted by atomic mass is 16.5. The Bertz CT molecular complexity index is 1270. The molecule has 0 spiro atoms. The van der Waals surface area contributed by atoms with E-state index in [0.717, 1.165) is 88.2 Å². The van der Waals surface area contributed by atoms with Crippen molar-refractivity contribution in [1.82, 2.24) is 29.7 Å². The van der Waals surface area contributed by atoms with Crippen molar-refractivity contribution in [2.75, 3.05) is 82.9 Å². The third kappa shape index (κ3) is 7.24. The van der Waals surface area contributed by atoms with Gasteiger partial charge < -0.3 is 34.4 Å². The van der Waals surface area contributed by atoms with Crippen LogP contribution in [0.4, 0.5) is 11.8 Å². The molecule has 6 rings (SSSR count). The van der Waals surface area contributed by atoms with Gasteiger partial charge in [-0.05, 0) is 38.8 Å². The van der Waals surface area contributed by atoms with Crippen molar-refractivity contribution >= 4 is 22.7 Å². The highest BCUT2D eigenvalue weighted by Gasteiger charge is 2.25. The summed E-state index contributed by atoms with van der Waals surface area (Å²) in [5.74, 6) is 2.76. The molecule has 41 heavy (non-hydrogen) atoms. The summed E-state index contributed by atoms with van der Waals surface area (Å²) < 4.78 is 17.8. The number of hydrogen-bond donors (Lipinski definition) is 2. The Morgan fingerprint density at radius 2 is 1.71 bits per heavy atom. The maximum absolute atomic E-state index is 10.1. The van der Waals surface area contributed by atoms with Crippen LogP contribution in [0.15, 0.2) is 30.7 Å². The Kier molecular flexibility index (Phi) is 8.78. The molecule has 12 heteroatoms. The van der Waals surface area contributed by atoms with E-state index in [4.69, 9.17) is 19.2 Å². The van der Waals surface area contributed by atoms with Crippen LogP contribution in [-0.2, 0) is 4.74 Å². The van der Waals surface area contributed by atoms with Crippen molar-refractivity contribution in [2.24, 2.45) is 0 Å². The van der Waals surface area contributed by atoms with E-state index in [9.17, 15) is 5.11 Å². The molecular weight excluding hydrogens is 524 g/mol. The van der Waals surface area contributed by atoms with Crippen LogP contribution >= 0.6 is 0 Å². The monoisotopic (exact) mass is 564 g/mol. The highest BCUT2D eigenvalue weighted by molar-refractivity contribution is 5.86. The second-order valence-corrected chi connectivity index (χ2v) is 11.1. The van der Waals surface area contributed by atoms with Gasteiger partial charge in [-0.3, -0.25) is 9.88 Å².